The summed E-state index contributed by atoms with van der Waals surface area (Å²) in [6, 6.07) is 0. The van der Waals surface area contributed by atoms with Crippen LogP contribution in [0.15, 0.2) is 0 Å². The van der Waals surface area contributed by atoms with E-state index in [1.165, 1.54) is 38.5 Å². The number of ether oxygens (including phenoxy) is 1. The van der Waals surface area contributed by atoms with E-state index < -0.39 is 0 Å². The highest BCUT2D eigenvalue weighted by atomic mass is 16.5. The van der Waals surface area contributed by atoms with Gasteiger partial charge in [-0.15, -0.1) is 0 Å². The number of hydrogen-bond acceptors (Lipinski definition) is 2. The highest BCUT2D eigenvalue weighted by molar-refractivity contribution is 4.77. The van der Waals surface area contributed by atoms with Crippen LogP contribution in [0.4, 0.5) is 0 Å². The molecule has 96 valence electrons. The molecule has 0 amide bonds. The van der Waals surface area contributed by atoms with Crippen LogP contribution in [0.25, 0.3) is 0 Å². The molecule has 1 fully saturated rings. The van der Waals surface area contributed by atoms with Gasteiger partial charge in [-0.3, -0.25) is 0 Å². The minimum Gasteiger partial charge on any atom is -0.376 e. The molecule has 0 aliphatic carbocycles. The van der Waals surface area contributed by atoms with Gasteiger partial charge in [0.2, 0.25) is 0 Å². The first-order valence-electron chi connectivity index (χ1n) is 6.96. The molecule has 16 heavy (non-hydrogen) atoms. The molecular weight excluding hydrogens is 198 g/mol. The van der Waals surface area contributed by atoms with Crippen LogP contribution in [0.1, 0.15) is 59.3 Å². The molecule has 1 unspecified atom stereocenters. The maximum Gasteiger partial charge on any atom is 0.0705 e. The minimum atomic E-state index is 0.440. The number of rotatable bonds is 7. The molecule has 1 aliphatic rings. The van der Waals surface area contributed by atoms with Gasteiger partial charge in [0, 0.05) is 13.1 Å². The molecular formula is C14H29NO. The SMILES string of the molecule is CCCCCCC(C)(C)CC1CNCCO1. The van der Waals surface area contributed by atoms with Crippen molar-refractivity contribution in [2.75, 3.05) is 19.7 Å². The van der Waals surface area contributed by atoms with Crippen molar-refractivity contribution in [2.45, 2.75) is 65.4 Å². The number of morpholine rings is 1. The number of hydrogen-bond donors (Lipinski definition) is 1. The molecule has 0 aromatic heterocycles. The molecule has 1 N–H and O–H groups in total. The minimum absolute atomic E-state index is 0.440. The van der Waals surface area contributed by atoms with Crippen molar-refractivity contribution >= 4 is 0 Å². The molecule has 0 saturated carbocycles. The van der Waals surface area contributed by atoms with E-state index in [1.807, 2.05) is 0 Å². The van der Waals surface area contributed by atoms with Crippen LogP contribution in [-0.4, -0.2) is 25.8 Å². The van der Waals surface area contributed by atoms with Gasteiger partial charge in [-0.2, -0.15) is 0 Å². The molecule has 0 bridgehead atoms. The summed E-state index contributed by atoms with van der Waals surface area (Å²) in [5.74, 6) is 0. The van der Waals surface area contributed by atoms with Gasteiger partial charge in [-0.05, 0) is 18.3 Å². The van der Waals surface area contributed by atoms with Gasteiger partial charge in [0.05, 0.1) is 12.7 Å². The van der Waals surface area contributed by atoms with E-state index in [4.69, 9.17) is 4.74 Å². The van der Waals surface area contributed by atoms with E-state index in [0.29, 0.717) is 11.5 Å². The zero-order valence-electron chi connectivity index (χ0n) is 11.3. The Kier molecular flexibility index (Phi) is 6.37. The van der Waals surface area contributed by atoms with Crippen molar-refractivity contribution < 1.29 is 4.74 Å². The maximum absolute atomic E-state index is 5.78. The Morgan fingerprint density at radius 3 is 2.69 bits per heavy atom. The molecule has 0 radical (unpaired) electrons. The second kappa shape index (κ2) is 7.29. The monoisotopic (exact) mass is 227 g/mol. The Bertz CT molecular complexity index is 174. The zero-order chi connectivity index (χ0) is 11.9. The first kappa shape index (κ1) is 14.0. The second-order valence-corrected chi connectivity index (χ2v) is 5.88. The third-order valence-electron chi connectivity index (χ3n) is 3.49. The van der Waals surface area contributed by atoms with Gasteiger partial charge in [0.1, 0.15) is 0 Å². The highest BCUT2D eigenvalue weighted by Gasteiger charge is 2.24. The summed E-state index contributed by atoms with van der Waals surface area (Å²) in [6.45, 7) is 9.99. The molecule has 2 heteroatoms. The molecule has 0 spiro atoms. The topological polar surface area (TPSA) is 21.3 Å². The Morgan fingerprint density at radius 1 is 1.25 bits per heavy atom. The third kappa shape index (κ3) is 5.86. The summed E-state index contributed by atoms with van der Waals surface area (Å²) in [6.07, 6.45) is 8.46. The molecule has 1 aliphatic heterocycles. The van der Waals surface area contributed by atoms with Crippen LogP contribution in [0, 0.1) is 5.41 Å². The van der Waals surface area contributed by atoms with Crippen LogP contribution in [0.3, 0.4) is 0 Å². The summed E-state index contributed by atoms with van der Waals surface area (Å²) >= 11 is 0. The van der Waals surface area contributed by atoms with Crippen LogP contribution in [-0.2, 0) is 4.74 Å². The maximum atomic E-state index is 5.78. The summed E-state index contributed by atoms with van der Waals surface area (Å²) in [5, 5.41) is 3.41. The molecule has 0 aromatic rings. The van der Waals surface area contributed by atoms with E-state index in [2.05, 4.69) is 26.1 Å². The summed E-state index contributed by atoms with van der Waals surface area (Å²) in [4.78, 5) is 0. The van der Waals surface area contributed by atoms with Gasteiger partial charge in [0.15, 0.2) is 0 Å². The average molecular weight is 227 g/mol. The first-order chi connectivity index (χ1) is 7.64. The van der Waals surface area contributed by atoms with E-state index in [-0.39, 0.29) is 0 Å². The van der Waals surface area contributed by atoms with Gasteiger partial charge in [-0.25, -0.2) is 0 Å². The number of unbranched alkanes of at least 4 members (excludes halogenated alkanes) is 3. The predicted molar refractivity (Wildman–Crippen MR) is 69.8 cm³/mol. The fourth-order valence-corrected chi connectivity index (χ4v) is 2.50. The van der Waals surface area contributed by atoms with E-state index >= 15 is 0 Å². The van der Waals surface area contributed by atoms with Crippen molar-refractivity contribution in [1.29, 1.82) is 0 Å². The van der Waals surface area contributed by atoms with Crippen molar-refractivity contribution in [1.82, 2.24) is 5.32 Å². The lowest BCUT2D eigenvalue weighted by molar-refractivity contribution is -0.0000768. The van der Waals surface area contributed by atoms with Crippen molar-refractivity contribution in [3.05, 3.63) is 0 Å². The molecule has 2 nitrogen and oxygen atoms in total. The quantitative estimate of drug-likeness (QED) is 0.673. The van der Waals surface area contributed by atoms with Gasteiger partial charge in [-0.1, -0.05) is 46.5 Å². The highest BCUT2D eigenvalue weighted by Crippen LogP contribution is 2.30. The fourth-order valence-electron chi connectivity index (χ4n) is 2.50. The summed E-state index contributed by atoms with van der Waals surface area (Å²) < 4.78 is 5.78. The lowest BCUT2D eigenvalue weighted by Crippen LogP contribution is -2.40. The molecule has 0 aromatic carbocycles. The van der Waals surface area contributed by atoms with Crippen LogP contribution >= 0.6 is 0 Å². The van der Waals surface area contributed by atoms with Crippen molar-refractivity contribution in [3.63, 3.8) is 0 Å². The largest absolute Gasteiger partial charge is 0.376 e. The molecule has 1 atom stereocenters. The van der Waals surface area contributed by atoms with Crippen molar-refractivity contribution in [3.8, 4) is 0 Å². The standard InChI is InChI=1S/C14H29NO/c1-4-5-6-7-8-14(2,3)11-13-12-15-9-10-16-13/h13,15H,4-12H2,1-3H3. The average Bonchev–Trinajstić information content (AvgIpc) is 2.25. The molecule has 1 rings (SSSR count). The van der Waals surface area contributed by atoms with E-state index in [0.717, 1.165) is 19.7 Å². The Morgan fingerprint density at radius 2 is 2.06 bits per heavy atom. The van der Waals surface area contributed by atoms with Crippen LogP contribution < -0.4 is 5.32 Å². The Balaban J connectivity index is 2.16. The van der Waals surface area contributed by atoms with Gasteiger partial charge in [0.25, 0.3) is 0 Å². The predicted octanol–water partition coefficient (Wildman–Crippen LogP) is 3.36. The normalized spacial score (nSPS) is 22.3. The summed E-state index contributed by atoms with van der Waals surface area (Å²) in [5.41, 5.74) is 0.442. The lowest BCUT2D eigenvalue weighted by Gasteiger charge is -2.32. The van der Waals surface area contributed by atoms with Gasteiger partial charge < -0.3 is 10.1 Å². The molecule has 1 heterocycles. The van der Waals surface area contributed by atoms with E-state index in [1.54, 1.807) is 0 Å². The third-order valence-corrected chi connectivity index (χ3v) is 3.49. The van der Waals surface area contributed by atoms with Crippen LogP contribution in [0.2, 0.25) is 0 Å². The molecule has 1 saturated heterocycles. The summed E-state index contributed by atoms with van der Waals surface area (Å²) in [7, 11) is 0. The second-order valence-electron chi connectivity index (χ2n) is 5.88. The smallest absolute Gasteiger partial charge is 0.0705 e. The zero-order valence-corrected chi connectivity index (χ0v) is 11.3. The fraction of sp³-hybridized carbons (Fsp3) is 1.00. The van der Waals surface area contributed by atoms with E-state index in [9.17, 15) is 0 Å². The Labute approximate surface area is 101 Å². The van der Waals surface area contributed by atoms with Crippen LogP contribution in [0.5, 0.6) is 0 Å². The first-order valence-corrected chi connectivity index (χ1v) is 6.96. The lowest BCUT2D eigenvalue weighted by atomic mass is 9.81. The van der Waals surface area contributed by atoms with Gasteiger partial charge >= 0.3 is 0 Å². The van der Waals surface area contributed by atoms with Crippen molar-refractivity contribution in [2.24, 2.45) is 5.41 Å². The number of nitrogens with one attached hydrogen (secondary N) is 1. The Hall–Kier alpha value is -0.0800.